The Morgan fingerprint density at radius 2 is 1.90 bits per heavy atom. The van der Waals surface area contributed by atoms with Gasteiger partial charge in [0.25, 0.3) is 0 Å². The summed E-state index contributed by atoms with van der Waals surface area (Å²) in [6, 6.07) is 15.0. The van der Waals surface area contributed by atoms with Crippen LogP contribution in [0.1, 0.15) is 24.7 Å². The Labute approximate surface area is 125 Å². The Bertz CT molecular complexity index is 742. The monoisotopic (exact) mass is 279 g/mol. The molecule has 3 rings (SSSR count). The van der Waals surface area contributed by atoms with Gasteiger partial charge < -0.3 is 9.73 Å². The number of fused-ring (bicyclic) bond motifs is 1. The van der Waals surface area contributed by atoms with Crippen LogP contribution in [-0.2, 0) is 6.54 Å². The van der Waals surface area contributed by atoms with Gasteiger partial charge in [0.2, 0.25) is 0 Å². The summed E-state index contributed by atoms with van der Waals surface area (Å²) in [5.74, 6) is 1.02. The van der Waals surface area contributed by atoms with Crippen molar-refractivity contribution in [2.75, 3.05) is 6.54 Å². The standard InChI is InChI=1S/C19H21NO/c1-3-11-20-13-18-17(10-12-21-18)19-14(2)8-9-15-6-4-5-7-16(15)19/h4-10,12,20H,3,11,13H2,1-2H3. The van der Waals surface area contributed by atoms with Gasteiger partial charge in [0.05, 0.1) is 12.8 Å². The van der Waals surface area contributed by atoms with Crippen molar-refractivity contribution in [2.24, 2.45) is 0 Å². The molecule has 0 aliphatic heterocycles. The van der Waals surface area contributed by atoms with Crippen molar-refractivity contribution in [1.82, 2.24) is 5.32 Å². The molecule has 1 aromatic heterocycles. The Morgan fingerprint density at radius 1 is 1.05 bits per heavy atom. The third-order valence-corrected chi connectivity index (χ3v) is 3.86. The van der Waals surface area contributed by atoms with Gasteiger partial charge in [-0.15, -0.1) is 0 Å². The van der Waals surface area contributed by atoms with Gasteiger partial charge in [-0.3, -0.25) is 0 Å². The molecule has 0 atom stereocenters. The Morgan fingerprint density at radius 3 is 2.76 bits per heavy atom. The zero-order valence-electron chi connectivity index (χ0n) is 12.6. The molecule has 1 heterocycles. The van der Waals surface area contributed by atoms with Crippen molar-refractivity contribution in [3.63, 3.8) is 0 Å². The van der Waals surface area contributed by atoms with Crippen molar-refractivity contribution in [1.29, 1.82) is 0 Å². The molecular formula is C19H21NO. The molecule has 21 heavy (non-hydrogen) atoms. The molecule has 2 nitrogen and oxygen atoms in total. The summed E-state index contributed by atoms with van der Waals surface area (Å²) in [7, 11) is 0. The summed E-state index contributed by atoms with van der Waals surface area (Å²) >= 11 is 0. The lowest BCUT2D eigenvalue weighted by molar-refractivity contribution is 0.484. The first-order valence-corrected chi connectivity index (χ1v) is 7.57. The van der Waals surface area contributed by atoms with E-state index in [9.17, 15) is 0 Å². The number of aryl methyl sites for hydroxylation is 1. The molecule has 0 spiro atoms. The molecule has 3 aromatic rings. The maximum absolute atomic E-state index is 5.71. The third-order valence-electron chi connectivity index (χ3n) is 3.86. The van der Waals surface area contributed by atoms with Crippen molar-refractivity contribution in [2.45, 2.75) is 26.8 Å². The lowest BCUT2D eigenvalue weighted by Gasteiger charge is -2.11. The van der Waals surface area contributed by atoms with Crippen LogP contribution in [0.15, 0.2) is 53.1 Å². The van der Waals surface area contributed by atoms with Crippen molar-refractivity contribution >= 4 is 10.8 Å². The molecule has 1 N–H and O–H groups in total. The van der Waals surface area contributed by atoms with E-state index in [4.69, 9.17) is 4.42 Å². The van der Waals surface area contributed by atoms with Gasteiger partial charge in [-0.05, 0) is 47.9 Å². The number of hydrogen-bond acceptors (Lipinski definition) is 2. The molecule has 0 bridgehead atoms. The van der Waals surface area contributed by atoms with Crippen molar-refractivity contribution in [3.8, 4) is 11.1 Å². The molecule has 2 heteroatoms. The highest BCUT2D eigenvalue weighted by Gasteiger charge is 2.13. The molecule has 108 valence electrons. The van der Waals surface area contributed by atoms with Crippen LogP contribution in [0, 0.1) is 6.92 Å². The zero-order valence-corrected chi connectivity index (χ0v) is 12.6. The maximum Gasteiger partial charge on any atom is 0.125 e. The molecule has 0 saturated carbocycles. The topological polar surface area (TPSA) is 25.2 Å². The molecule has 2 aromatic carbocycles. The number of rotatable bonds is 5. The van der Waals surface area contributed by atoms with Gasteiger partial charge in [0.1, 0.15) is 5.76 Å². The van der Waals surface area contributed by atoms with Crippen LogP contribution in [0.5, 0.6) is 0 Å². The third kappa shape index (κ3) is 2.72. The van der Waals surface area contributed by atoms with Crippen LogP contribution < -0.4 is 5.32 Å². The molecular weight excluding hydrogens is 258 g/mol. The average Bonchev–Trinajstić information content (AvgIpc) is 2.95. The Hall–Kier alpha value is -2.06. The minimum absolute atomic E-state index is 0.777. The summed E-state index contributed by atoms with van der Waals surface area (Å²) in [5, 5.41) is 5.98. The largest absolute Gasteiger partial charge is 0.467 e. The summed E-state index contributed by atoms with van der Waals surface area (Å²) < 4.78 is 5.71. The average molecular weight is 279 g/mol. The smallest absolute Gasteiger partial charge is 0.125 e. The maximum atomic E-state index is 5.71. The Balaban J connectivity index is 2.08. The molecule has 0 amide bonds. The van der Waals surface area contributed by atoms with E-state index in [1.54, 1.807) is 6.26 Å². The van der Waals surface area contributed by atoms with Crippen molar-refractivity contribution in [3.05, 3.63) is 60.1 Å². The second kappa shape index (κ2) is 6.15. The minimum atomic E-state index is 0.777. The summed E-state index contributed by atoms with van der Waals surface area (Å²) in [6.07, 6.45) is 2.92. The van der Waals surface area contributed by atoms with Crippen LogP contribution in [0.2, 0.25) is 0 Å². The van der Waals surface area contributed by atoms with E-state index < -0.39 is 0 Å². The molecule has 0 aliphatic carbocycles. The van der Waals surface area contributed by atoms with Crippen molar-refractivity contribution < 1.29 is 4.42 Å². The van der Waals surface area contributed by atoms with Crippen LogP contribution in [-0.4, -0.2) is 6.54 Å². The first kappa shape index (κ1) is 13.9. The molecule has 0 saturated heterocycles. The van der Waals surface area contributed by atoms with E-state index in [2.05, 4.69) is 61.6 Å². The lowest BCUT2D eigenvalue weighted by atomic mass is 9.94. The van der Waals surface area contributed by atoms with E-state index in [0.717, 1.165) is 25.3 Å². The van der Waals surface area contributed by atoms with E-state index in [1.165, 1.54) is 27.5 Å². The number of hydrogen-bond donors (Lipinski definition) is 1. The van der Waals surface area contributed by atoms with E-state index in [-0.39, 0.29) is 0 Å². The quantitative estimate of drug-likeness (QED) is 0.671. The summed E-state index contributed by atoms with van der Waals surface area (Å²) in [4.78, 5) is 0. The highest BCUT2D eigenvalue weighted by molar-refractivity contribution is 5.98. The van der Waals surface area contributed by atoms with Gasteiger partial charge in [-0.25, -0.2) is 0 Å². The first-order valence-electron chi connectivity index (χ1n) is 7.57. The van der Waals surface area contributed by atoms with Crippen LogP contribution in [0.4, 0.5) is 0 Å². The lowest BCUT2D eigenvalue weighted by Crippen LogP contribution is -2.13. The predicted molar refractivity (Wildman–Crippen MR) is 88.4 cm³/mol. The van der Waals surface area contributed by atoms with Gasteiger partial charge in [0, 0.05) is 5.56 Å². The second-order valence-electron chi connectivity index (χ2n) is 5.41. The zero-order chi connectivity index (χ0) is 14.7. The summed E-state index contributed by atoms with van der Waals surface area (Å²) in [6.45, 7) is 6.12. The molecule has 0 radical (unpaired) electrons. The predicted octanol–water partition coefficient (Wildman–Crippen LogP) is 4.91. The minimum Gasteiger partial charge on any atom is -0.467 e. The van der Waals surface area contributed by atoms with Gasteiger partial charge >= 0.3 is 0 Å². The SMILES string of the molecule is CCCNCc1occc1-c1c(C)ccc2ccccc12. The van der Waals surface area contributed by atoms with Crippen LogP contribution in [0.3, 0.4) is 0 Å². The first-order chi connectivity index (χ1) is 10.3. The Kier molecular flexibility index (Phi) is 4.07. The van der Waals surface area contributed by atoms with Gasteiger partial charge in [-0.2, -0.15) is 0 Å². The highest BCUT2D eigenvalue weighted by atomic mass is 16.3. The number of furan rings is 1. The van der Waals surface area contributed by atoms with Crippen LogP contribution in [0.25, 0.3) is 21.9 Å². The fraction of sp³-hybridized carbons (Fsp3) is 0.263. The van der Waals surface area contributed by atoms with Gasteiger partial charge in [0.15, 0.2) is 0 Å². The fourth-order valence-electron chi connectivity index (χ4n) is 2.82. The summed E-state index contributed by atoms with van der Waals surface area (Å²) in [5.41, 5.74) is 3.77. The van der Waals surface area contributed by atoms with E-state index in [0.29, 0.717) is 0 Å². The van der Waals surface area contributed by atoms with Gasteiger partial charge in [-0.1, -0.05) is 43.3 Å². The highest BCUT2D eigenvalue weighted by Crippen LogP contribution is 2.34. The molecule has 0 fully saturated rings. The van der Waals surface area contributed by atoms with Crippen LogP contribution >= 0.6 is 0 Å². The van der Waals surface area contributed by atoms with E-state index in [1.807, 2.05) is 0 Å². The number of benzene rings is 2. The normalized spacial score (nSPS) is 11.1. The molecule has 0 unspecified atom stereocenters. The fourth-order valence-corrected chi connectivity index (χ4v) is 2.82. The second-order valence-corrected chi connectivity index (χ2v) is 5.41. The van der Waals surface area contributed by atoms with E-state index >= 15 is 0 Å². The number of nitrogens with one attached hydrogen (secondary N) is 1. The molecule has 0 aliphatic rings.